The molecule has 5 heteroatoms. The summed E-state index contributed by atoms with van der Waals surface area (Å²) in [7, 11) is 0. The largest absolute Gasteiger partial charge is 0.347 e. The van der Waals surface area contributed by atoms with Crippen molar-refractivity contribution in [2.45, 2.75) is 26.8 Å². The number of ketones is 1. The number of fused-ring (bicyclic) bond motifs is 2. The Labute approximate surface area is 135 Å². The summed E-state index contributed by atoms with van der Waals surface area (Å²) in [5.41, 5.74) is 2.96. The third kappa shape index (κ3) is 3.05. The Bertz CT molecular complexity index is 791. The second-order valence-corrected chi connectivity index (χ2v) is 5.77. The van der Waals surface area contributed by atoms with Crippen LogP contribution in [0, 0.1) is 0 Å². The topological polar surface area (TPSA) is 65.2 Å². The summed E-state index contributed by atoms with van der Waals surface area (Å²) in [6, 6.07) is 7.51. The molecule has 1 aromatic carbocycles. The van der Waals surface area contributed by atoms with Gasteiger partial charge in [-0.2, -0.15) is 0 Å². The number of Topliss-reactive ketones (excluding diaryl/α,β-unsaturated/α-hetero) is 1. The monoisotopic (exact) mass is 311 g/mol. The summed E-state index contributed by atoms with van der Waals surface area (Å²) in [6.07, 6.45) is 1.80. The highest BCUT2D eigenvalue weighted by molar-refractivity contribution is 6.04. The van der Waals surface area contributed by atoms with Gasteiger partial charge in [0.1, 0.15) is 11.4 Å². The number of anilines is 2. The van der Waals surface area contributed by atoms with Gasteiger partial charge < -0.3 is 10.3 Å². The molecule has 0 radical (unpaired) electrons. The van der Waals surface area contributed by atoms with Gasteiger partial charge in [0.25, 0.3) is 0 Å². The fraction of sp³-hybridized carbons (Fsp3) is 0.333. The molecule has 5 nitrogen and oxygen atoms in total. The van der Waals surface area contributed by atoms with E-state index >= 15 is 0 Å². The number of benzene rings is 1. The Kier molecular flexibility index (Phi) is 4.30. The third-order valence-corrected chi connectivity index (χ3v) is 4.32. The smallest absolute Gasteiger partial charge is 0.194 e. The van der Waals surface area contributed by atoms with Crippen LogP contribution < -0.4 is 10.7 Å². The van der Waals surface area contributed by atoms with E-state index in [-0.39, 0.29) is 23.2 Å². The molecular weight excluding hydrogens is 290 g/mol. The van der Waals surface area contributed by atoms with E-state index in [1.54, 1.807) is 6.20 Å². The van der Waals surface area contributed by atoms with Crippen molar-refractivity contribution in [3.8, 4) is 0 Å². The van der Waals surface area contributed by atoms with Crippen molar-refractivity contribution in [3.63, 3.8) is 0 Å². The maximum Gasteiger partial charge on any atom is 0.194 e. The summed E-state index contributed by atoms with van der Waals surface area (Å²) in [4.78, 5) is 29.7. The summed E-state index contributed by atoms with van der Waals surface area (Å²) in [5, 5.41) is 3.19. The van der Waals surface area contributed by atoms with Gasteiger partial charge >= 0.3 is 0 Å². The molecule has 0 bridgehead atoms. The number of nitrogens with one attached hydrogen (secondary N) is 2. The highest BCUT2D eigenvalue weighted by atomic mass is 16.1. The van der Waals surface area contributed by atoms with Gasteiger partial charge in [-0.25, -0.2) is 0 Å². The van der Waals surface area contributed by atoms with E-state index in [9.17, 15) is 9.59 Å². The van der Waals surface area contributed by atoms with Crippen LogP contribution in [0.25, 0.3) is 0 Å². The number of rotatable bonds is 4. The third-order valence-electron chi connectivity index (χ3n) is 4.32. The molecule has 2 N–H and O–H groups in total. The number of nitrogens with zero attached hydrogens (tertiary/aromatic N) is 1. The Morgan fingerprint density at radius 3 is 2.65 bits per heavy atom. The number of pyridine rings is 1. The molecule has 23 heavy (non-hydrogen) atoms. The van der Waals surface area contributed by atoms with Gasteiger partial charge in [0.2, 0.25) is 0 Å². The molecule has 0 unspecified atom stereocenters. The van der Waals surface area contributed by atoms with Crippen LogP contribution in [0.3, 0.4) is 0 Å². The lowest BCUT2D eigenvalue weighted by Gasteiger charge is -2.19. The second-order valence-electron chi connectivity index (χ2n) is 5.77. The Balaban J connectivity index is 1.96. The molecule has 0 atom stereocenters. The highest BCUT2D eigenvalue weighted by Crippen LogP contribution is 2.28. The molecule has 1 aromatic heterocycles. The van der Waals surface area contributed by atoms with Crippen LogP contribution >= 0.6 is 0 Å². The molecule has 0 saturated heterocycles. The Morgan fingerprint density at radius 1 is 1.13 bits per heavy atom. The second kappa shape index (κ2) is 6.38. The molecular formula is C18H21N3O2. The average molecular weight is 311 g/mol. The van der Waals surface area contributed by atoms with E-state index < -0.39 is 0 Å². The van der Waals surface area contributed by atoms with Crippen molar-refractivity contribution in [2.75, 3.05) is 18.4 Å². The molecule has 0 fully saturated rings. The van der Waals surface area contributed by atoms with Crippen LogP contribution in [-0.2, 0) is 13.0 Å². The molecule has 0 amide bonds. The molecule has 120 valence electrons. The average Bonchev–Trinajstić information content (AvgIpc) is 2.68. The minimum absolute atomic E-state index is 0.145. The zero-order valence-corrected chi connectivity index (χ0v) is 13.5. The van der Waals surface area contributed by atoms with Gasteiger partial charge in [0.05, 0.1) is 0 Å². The standard InChI is InChI=1S/C18H21N3O2/c1-3-21(4-2)11-12-5-6-14-13(9-12)10-16(23)17-15(22)7-8-19-18(17)20-14/h5-9H,3-4,10-11H2,1-2H3,(H2,19,20,22). The van der Waals surface area contributed by atoms with E-state index in [4.69, 9.17) is 0 Å². The summed E-state index contributed by atoms with van der Waals surface area (Å²) >= 11 is 0. The number of hydrogen-bond acceptors (Lipinski definition) is 4. The number of H-pyrrole nitrogens is 1. The molecule has 2 heterocycles. The molecule has 2 aromatic rings. The number of carbonyl (C=O) groups is 1. The van der Waals surface area contributed by atoms with Crippen LogP contribution in [0.15, 0.2) is 35.3 Å². The SMILES string of the molecule is CCN(CC)Cc1ccc2c(c1)CC(=O)c1c([nH]ccc1=O)N2. The first-order valence-corrected chi connectivity index (χ1v) is 7.98. The van der Waals surface area contributed by atoms with Crippen molar-refractivity contribution in [3.05, 3.63) is 57.4 Å². The highest BCUT2D eigenvalue weighted by Gasteiger charge is 2.22. The van der Waals surface area contributed by atoms with E-state index in [0.29, 0.717) is 5.82 Å². The van der Waals surface area contributed by atoms with Crippen molar-refractivity contribution < 1.29 is 4.79 Å². The molecule has 1 aliphatic heterocycles. The number of carbonyl (C=O) groups excluding carboxylic acids is 1. The van der Waals surface area contributed by atoms with Crippen LogP contribution in [-0.4, -0.2) is 28.8 Å². The zero-order valence-electron chi connectivity index (χ0n) is 13.5. The number of aromatic nitrogens is 1. The van der Waals surface area contributed by atoms with Gasteiger partial charge in [-0.15, -0.1) is 0 Å². The number of hydrogen-bond donors (Lipinski definition) is 2. The first-order valence-electron chi connectivity index (χ1n) is 7.98. The van der Waals surface area contributed by atoms with Crippen LogP contribution in [0.4, 0.5) is 11.5 Å². The lowest BCUT2D eigenvalue weighted by Crippen LogP contribution is -2.22. The molecule has 0 saturated carbocycles. The van der Waals surface area contributed by atoms with Crippen LogP contribution in [0.1, 0.15) is 35.3 Å². The normalized spacial score (nSPS) is 13.3. The predicted molar refractivity (Wildman–Crippen MR) is 91.4 cm³/mol. The lowest BCUT2D eigenvalue weighted by molar-refractivity contribution is 0.0993. The molecule has 0 spiro atoms. The maximum absolute atomic E-state index is 12.5. The van der Waals surface area contributed by atoms with Gasteiger partial charge in [0, 0.05) is 30.9 Å². The Hall–Kier alpha value is -2.40. The van der Waals surface area contributed by atoms with E-state index in [2.05, 4.69) is 41.2 Å². The fourth-order valence-corrected chi connectivity index (χ4v) is 2.97. The van der Waals surface area contributed by atoms with Crippen molar-refractivity contribution in [1.82, 2.24) is 9.88 Å². The summed E-state index contributed by atoms with van der Waals surface area (Å²) < 4.78 is 0. The fourth-order valence-electron chi connectivity index (χ4n) is 2.97. The maximum atomic E-state index is 12.5. The minimum atomic E-state index is -0.243. The quantitative estimate of drug-likeness (QED) is 0.911. The first kappa shape index (κ1) is 15.5. The van der Waals surface area contributed by atoms with Gasteiger partial charge in [0.15, 0.2) is 11.2 Å². The van der Waals surface area contributed by atoms with Gasteiger partial charge in [-0.1, -0.05) is 26.0 Å². The molecule has 0 aliphatic carbocycles. The predicted octanol–water partition coefficient (Wildman–Crippen LogP) is 2.70. The summed E-state index contributed by atoms with van der Waals surface area (Å²) in [5.74, 6) is 0.339. The lowest BCUT2D eigenvalue weighted by atomic mass is 10.0. The first-order chi connectivity index (χ1) is 11.1. The zero-order chi connectivity index (χ0) is 16.4. The van der Waals surface area contributed by atoms with Crippen LogP contribution in [0.2, 0.25) is 0 Å². The van der Waals surface area contributed by atoms with Gasteiger partial charge in [-0.3, -0.25) is 14.5 Å². The molecule has 3 rings (SSSR count). The minimum Gasteiger partial charge on any atom is -0.347 e. The van der Waals surface area contributed by atoms with Gasteiger partial charge in [-0.05, 0) is 30.3 Å². The van der Waals surface area contributed by atoms with Crippen molar-refractivity contribution in [2.24, 2.45) is 0 Å². The number of aromatic amines is 1. The van der Waals surface area contributed by atoms with E-state index in [1.807, 2.05) is 6.07 Å². The summed E-state index contributed by atoms with van der Waals surface area (Å²) in [6.45, 7) is 7.12. The molecule has 1 aliphatic rings. The van der Waals surface area contributed by atoms with E-state index in [0.717, 1.165) is 30.9 Å². The van der Waals surface area contributed by atoms with Crippen LogP contribution in [0.5, 0.6) is 0 Å². The Morgan fingerprint density at radius 2 is 1.91 bits per heavy atom. The van der Waals surface area contributed by atoms with E-state index in [1.165, 1.54) is 11.6 Å². The van der Waals surface area contributed by atoms with Crippen molar-refractivity contribution in [1.29, 1.82) is 0 Å². The van der Waals surface area contributed by atoms with Crippen molar-refractivity contribution >= 4 is 17.3 Å².